The van der Waals surface area contributed by atoms with E-state index in [-0.39, 0.29) is 12.0 Å². The molecule has 0 aliphatic heterocycles. The van der Waals surface area contributed by atoms with Crippen LogP contribution in [0.1, 0.15) is 32.1 Å². The van der Waals surface area contributed by atoms with Gasteiger partial charge >= 0.3 is 5.97 Å². The molecule has 0 unspecified atom stereocenters. The van der Waals surface area contributed by atoms with Gasteiger partial charge in [-0.1, -0.05) is 31.0 Å². The van der Waals surface area contributed by atoms with E-state index in [0.29, 0.717) is 0 Å². The molecule has 3 rings (SSSR count). The van der Waals surface area contributed by atoms with Crippen LogP contribution in [0.15, 0.2) is 36.5 Å². The van der Waals surface area contributed by atoms with Crippen molar-refractivity contribution in [1.82, 2.24) is 4.98 Å². The van der Waals surface area contributed by atoms with Gasteiger partial charge in [-0.25, -0.2) is 0 Å². The van der Waals surface area contributed by atoms with Crippen molar-refractivity contribution in [2.24, 2.45) is 0 Å². The van der Waals surface area contributed by atoms with Crippen LogP contribution in [0.25, 0.3) is 10.9 Å². The number of fused-ring (bicyclic) bond motifs is 1. The molecule has 1 fully saturated rings. The fourth-order valence-corrected chi connectivity index (χ4v) is 3.18. The van der Waals surface area contributed by atoms with Gasteiger partial charge in [-0.05, 0) is 25.0 Å². The number of carboxylic acids is 1. The van der Waals surface area contributed by atoms with E-state index in [2.05, 4.69) is 10.3 Å². The summed E-state index contributed by atoms with van der Waals surface area (Å²) in [7, 11) is 0. The zero-order valence-corrected chi connectivity index (χ0v) is 11.3. The number of benzene rings is 1. The van der Waals surface area contributed by atoms with Gasteiger partial charge in [0.15, 0.2) is 0 Å². The number of hydrogen-bond acceptors (Lipinski definition) is 3. The summed E-state index contributed by atoms with van der Waals surface area (Å²) in [4.78, 5) is 15.5. The summed E-state index contributed by atoms with van der Waals surface area (Å²) in [6.07, 6.45) is 5.94. The van der Waals surface area contributed by atoms with E-state index in [1.54, 1.807) is 6.20 Å². The second kappa shape index (κ2) is 5.12. The maximum Gasteiger partial charge on any atom is 0.305 e. The van der Waals surface area contributed by atoms with Crippen molar-refractivity contribution >= 4 is 22.6 Å². The lowest BCUT2D eigenvalue weighted by Crippen LogP contribution is -2.37. The molecule has 20 heavy (non-hydrogen) atoms. The average molecular weight is 270 g/mol. The zero-order chi connectivity index (χ0) is 14.0. The molecule has 0 amide bonds. The number of carbonyl (C=O) groups is 1. The smallest absolute Gasteiger partial charge is 0.305 e. The van der Waals surface area contributed by atoms with Crippen LogP contribution >= 0.6 is 0 Å². The lowest BCUT2D eigenvalue weighted by Gasteiger charge is -2.30. The number of aliphatic carboxylic acids is 1. The summed E-state index contributed by atoms with van der Waals surface area (Å²) in [5.41, 5.74) is 1.61. The van der Waals surface area contributed by atoms with Gasteiger partial charge in [0.05, 0.1) is 11.9 Å². The lowest BCUT2D eigenvalue weighted by molar-refractivity contribution is -0.138. The third-order valence-corrected chi connectivity index (χ3v) is 4.10. The number of nitrogens with zero attached hydrogens (tertiary/aromatic N) is 1. The molecule has 0 atom stereocenters. The summed E-state index contributed by atoms with van der Waals surface area (Å²) in [6, 6.07) is 9.87. The van der Waals surface area contributed by atoms with Crippen molar-refractivity contribution in [3.05, 3.63) is 36.5 Å². The highest BCUT2D eigenvalue weighted by atomic mass is 16.4. The first-order chi connectivity index (χ1) is 9.69. The van der Waals surface area contributed by atoms with Crippen molar-refractivity contribution in [1.29, 1.82) is 0 Å². The highest BCUT2D eigenvalue weighted by molar-refractivity contribution is 5.91. The molecular weight excluding hydrogens is 252 g/mol. The number of aromatic nitrogens is 1. The van der Waals surface area contributed by atoms with Gasteiger partial charge in [-0.15, -0.1) is 0 Å². The van der Waals surface area contributed by atoms with Crippen LogP contribution in [-0.4, -0.2) is 21.6 Å². The molecule has 1 aliphatic carbocycles. The predicted octanol–water partition coefficient (Wildman–Crippen LogP) is 3.43. The maximum absolute atomic E-state index is 11.2. The van der Waals surface area contributed by atoms with E-state index in [0.717, 1.165) is 42.3 Å². The van der Waals surface area contributed by atoms with Crippen molar-refractivity contribution in [3.63, 3.8) is 0 Å². The van der Waals surface area contributed by atoms with Crippen LogP contribution in [-0.2, 0) is 4.79 Å². The molecule has 4 nitrogen and oxygen atoms in total. The normalized spacial score (nSPS) is 17.2. The molecule has 4 heteroatoms. The Hall–Kier alpha value is -2.10. The lowest BCUT2D eigenvalue weighted by atomic mass is 9.92. The van der Waals surface area contributed by atoms with Gasteiger partial charge in [0, 0.05) is 22.8 Å². The Balaban J connectivity index is 1.96. The topological polar surface area (TPSA) is 62.2 Å². The molecule has 1 aromatic heterocycles. The average Bonchev–Trinajstić information content (AvgIpc) is 2.86. The first-order valence-electron chi connectivity index (χ1n) is 7.02. The molecule has 1 aromatic carbocycles. The Labute approximate surface area is 117 Å². The summed E-state index contributed by atoms with van der Waals surface area (Å²) < 4.78 is 0. The van der Waals surface area contributed by atoms with Crippen LogP contribution in [0.3, 0.4) is 0 Å². The number of pyridine rings is 1. The van der Waals surface area contributed by atoms with Gasteiger partial charge < -0.3 is 10.4 Å². The fraction of sp³-hybridized carbons (Fsp3) is 0.375. The summed E-state index contributed by atoms with van der Waals surface area (Å²) >= 11 is 0. The minimum atomic E-state index is -0.738. The van der Waals surface area contributed by atoms with E-state index in [4.69, 9.17) is 0 Å². The highest BCUT2D eigenvalue weighted by Gasteiger charge is 2.36. The van der Waals surface area contributed by atoms with Crippen LogP contribution in [0.5, 0.6) is 0 Å². The standard InChI is InChI=1S/C16H18N2O2/c19-15(20)11-16(8-3-4-9-16)18-14-7-10-17-13-6-2-1-5-12(13)14/h1-2,5-7,10H,3-4,8-9,11H2,(H,17,18)(H,19,20). The molecular formula is C16H18N2O2. The highest BCUT2D eigenvalue weighted by Crippen LogP contribution is 2.37. The molecule has 104 valence electrons. The van der Waals surface area contributed by atoms with Gasteiger partial charge in [0.2, 0.25) is 0 Å². The minimum Gasteiger partial charge on any atom is -0.481 e. The van der Waals surface area contributed by atoms with E-state index in [1.807, 2.05) is 30.3 Å². The quantitative estimate of drug-likeness (QED) is 0.893. The number of para-hydroxylation sites is 1. The first-order valence-corrected chi connectivity index (χ1v) is 7.02. The van der Waals surface area contributed by atoms with Crippen LogP contribution in [0.2, 0.25) is 0 Å². The van der Waals surface area contributed by atoms with Crippen LogP contribution in [0, 0.1) is 0 Å². The molecule has 1 heterocycles. The van der Waals surface area contributed by atoms with Gasteiger partial charge in [-0.3, -0.25) is 9.78 Å². The number of rotatable bonds is 4. The number of hydrogen-bond donors (Lipinski definition) is 2. The van der Waals surface area contributed by atoms with Crippen molar-refractivity contribution in [2.45, 2.75) is 37.6 Å². The van der Waals surface area contributed by atoms with Gasteiger partial charge in [-0.2, -0.15) is 0 Å². The molecule has 0 radical (unpaired) electrons. The van der Waals surface area contributed by atoms with Gasteiger partial charge in [0.25, 0.3) is 0 Å². The fourth-order valence-electron chi connectivity index (χ4n) is 3.18. The zero-order valence-electron chi connectivity index (χ0n) is 11.3. The Bertz CT molecular complexity index is 628. The molecule has 0 spiro atoms. The van der Waals surface area contributed by atoms with Crippen LogP contribution < -0.4 is 5.32 Å². The van der Waals surface area contributed by atoms with Crippen LogP contribution in [0.4, 0.5) is 5.69 Å². The minimum absolute atomic E-state index is 0.170. The second-order valence-corrected chi connectivity index (χ2v) is 5.56. The molecule has 2 aromatic rings. The second-order valence-electron chi connectivity index (χ2n) is 5.56. The summed E-state index contributed by atoms with van der Waals surface area (Å²) in [5, 5.41) is 13.7. The van der Waals surface area contributed by atoms with Crippen molar-refractivity contribution in [2.75, 3.05) is 5.32 Å². The Morgan fingerprint density at radius 1 is 1.25 bits per heavy atom. The van der Waals surface area contributed by atoms with Crippen molar-refractivity contribution < 1.29 is 9.90 Å². The molecule has 1 aliphatic rings. The maximum atomic E-state index is 11.2. The molecule has 0 bridgehead atoms. The summed E-state index contributed by atoms with van der Waals surface area (Å²) in [6.45, 7) is 0. The molecule has 0 saturated heterocycles. The largest absolute Gasteiger partial charge is 0.481 e. The number of nitrogens with one attached hydrogen (secondary N) is 1. The Kier molecular flexibility index (Phi) is 3.30. The third kappa shape index (κ3) is 2.46. The Morgan fingerprint density at radius 3 is 2.75 bits per heavy atom. The monoisotopic (exact) mass is 270 g/mol. The summed E-state index contributed by atoms with van der Waals surface area (Å²) in [5.74, 6) is -0.738. The predicted molar refractivity (Wildman–Crippen MR) is 78.8 cm³/mol. The van der Waals surface area contributed by atoms with E-state index < -0.39 is 5.97 Å². The van der Waals surface area contributed by atoms with Crippen molar-refractivity contribution in [3.8, 4) is 0 Å². The van der Waals surface area contributed by atoms with Gasteiger partial charge in [0.1, 0.15) is 0 Å². The SMILES string of the molecule is O=C(O)CC1(Nc2ccnc3ccccc23)CCCC1. The number of anilines is 1. The van der Waals surface area contributed by atoms with E-state index in [1.165, 1.54) is 0 Å². The Morgan fingerprint density at radius 2 is 2.00 bits per heavy atom. The molecule has 1 saturated carbocycles. The number of carboxylic acid groups (broad SMARTS) is 1. The molecule has 2 N–H and O–H groups in total. The first kappa shape index (κ1) is 12.9. The van der Waals surface area contributed by atoms with E-state index >= 15 is 0 Å². The van der Waals surface area contributed by atoms with E-state index in [9.17, 15) is 9.90 Å². The third-order valence-electron chi connectivity index (χ3n) is 4.10.